The molecular formula is C11H16N4O2. The number of nitrogens with zero attached hydrogens (tertiary/aromatic N) is 3. The van der Waals surface area contributed by atoms with Gasteiger partial charge in [-0.05, 0) is 5.92 Å². The molecule has 1 unspecified atom stereocenters. The van der Waals surface area contributed by atoms with Crippen molar-refractivity contribution in [3.8, 4) is 0 Å². The van der Waals surface area contributed by atoms with E-state index in [9.17, 15) is 9.59 Å². The number of carbonyl (C=O) groups is 2. The van der Waals surface area contributed by atoms with E-state index in [-0.39, 0.29) is 24.3 Å². The lowest BCUT2D eigenvalue weighted by Crippen LogP contribution is -2.60. The van der Waals surface area contributed by atoms with Crippen molar-refractivity contribution in [3.05, 3.63) is 12.3 Å². The van der Waals surface area contributed by atoms with Crippen molar-refractivity contribution in [2.45, 2.75) is 19.9 Å². The largest absolute Gasteiger partial charge is 0.345 e. The predicted molar refractivity (Wildman–Crippen MR) is 62.3 cm³/mol. The fraction of sp³-hybridized carbons (Fsp3) is 0.545. The molecule has 1 aliphatic rings. The summed E-state index contributed by atoms with van der Waals surface area (Å²) in [5, 5.41) is 6.80. The highest BCUT2D eigenvalue weighted by Crippen LogP contribution is 2.21. The first-order chi connectivity index (χ1) is 8.00. The van der Waals surface area contributed by atoms with Crippen LogP contribution >= 0.6 is 0 Å². The Balaban J connectivity index is 2.38. The lowest BCUT2D eigenvalue weighted by atomic mass is 9.99. The van der Waals surface area contributed by atoms with Crippen LogP contribution in [0.4, 0.5) is 5.82 Å². The van der Waals surface area contributed by atoms with Crippen molar-refractivity contribution >= 4 is 17.6 Å². The van der Waals surface area contributed by atoms with E-state index >= 15 is 0 Å². The van der Waals surface area contributed by atoms with Crippen LogP contribution in [0.25, 0.3) is 0 Å². The van der Waals surface area contributed by atoms with Gasteiger partial charge in [0.15, 0.2) is 5.82 Å². The van der Waals surface area contributed by atoms with Gasteiger partial charge in [-0.15, -0.1) is 0 Å². The van der Waals surface area contributed by atoms with E-state index in [4.69, 9.17) is 0 Å². The molecule has 2 heterocycles. The van der Waals surface area contributed by atoms with Gasteiger partial charge in [0.2, 0.25) is 11.8 Å². The molecule has 6 heteroatoms. The number of amides is 2. The highest BCUT2D eigenvalue weighted by molar-refractivity contribution is 6.06. The summed E-state index contributed by atoms with van der Waals surface area (Å²) in [5.74, 6) is 0.333. The summed E-state index contributed by atoms with van der Waals surface area (Å²) in [6, 6.07) is 1.26. The van der Waals surface area contributed by atoms with Gasteiger partial charge >= 0.3 is 0 Å². The quantitative estimate of drug-likeness (QED) is 0.780. The maximum atomic E-state index is 11.9. The van der Waals surface area contributed by atoms with Gasteiger partial charge in [-0.2, -0.15) is 5.10 Å². The molecule has 0 radical (unpaired) electrons. The smallest absolute Gasteiger partial charge is 0.248 e. The van der Waals surface area contributed by atoms with Gasteiger partial charge in [0.05, 0.1) is 6.54 Å². The van der Waals surface area contributed by atoms with E-state index in [0.717, 1.165) is 0 Å². The van der Waals surface area contributed by atoms with Crippen LogP contribution in [0.3, 0.4) is 0 Å². The minimum absolute atomic E-state index is 0.0403. The maximum absolute atomic E-state index is 11.9. The molecule has 17 heavy (non-hydrogen) atoms. The van der Waals surface area contributed by atoms with Crippen LogP contribution in [0.1, 0.15) is 13.8 Å². The Kier molecular flexibility index (Phi) is 2.87. The van der Waals surface area contributed by atoms with Crippen molar-refractivity contribution in [2.24, 2.45) is 13.0 Å². The summed E-state index contributed by atoms with van der Waals surface area (Å²) in [4.78, 5) is 25.2. The maximum Gasteiger partial charge on any atom is 0.248 e. The predicted octanol–water partition coefficient (Wildman–Crippen LogP) is -0.0925. The summed E-state index contributed by atoms with van der Waals surface area (Å²) in [6.45, 7) is 3.87. The number of aryl methyl sites for hydroxylation is 1. The van der Waals surface area contributed by atoms with E-state index in [1.165, 1.54) is 4.90 Å². The highest BCUT2D eigenvalue weighted by atomic mass is 16.2. The molecule has 1 aromatic heterocycles. The van der Waals surface area contributed by atoms with Crippen LogP contribution in [0, 0.1) is 5.92 Å². The highest BCUT2D eigenvalue weighted by Gasteiger charge is 2.38. The minimum Gasteiger partial charge on any atom is -0.345 e. The molecule has 1 aliphatic heterocycles. The van der Waals surface area contributed by atoms with Crippen molar-refractivity contribution in [1.29, 1.82) is 0 Å². The number of aromatic nitrogens is 2. The third-order valence-corrected chi connectivity index (χ3v) is 2.81. The first kappa shape index (κ1) is 11.6. The van der Waals surface area contributed by atoms with E-state index < -0.39 is 6.04 Å². The molecule has 0 bridgehead atoms. The van der Waals surface area contributed by atoms with Gasteiger partial charge in [0.1, 0.15) is 6.04 Å². The molecule has 0 spiro atoms. The number of hydrogen-bond donors (Lipinski definition) is 1. The SMILES string of the molecule is CC(C)C1C(=O)NCC(=O)N1c1ccn(C)n1. The third kappa shape index (κ3) is 2.02. The lowest BCUT2D eigenvalue weighted by molar-refractivity contribution is -0.131. The first-order valence-corrected chi connectivity index (χ1v) is 5.60. The normalized spacial score (nSPS) is 20.9. The number of piperazine rings is 1. The van der Waals surface area contributed by atoms with Crippen molar-refractivity contribution in [3.63, 3.8) is 0 Å². The second-order valence-corrected chi connectivity index (χ2v) is 4.52. The summed E-state index contributed by atoms with van der Waals surface area (Å²) >= 11 is 0. The van der Waals surface area contributed by atoms with Gasteiger partial charge in [0.25, 0.3) is 0 Å². The summed E-state index contributed by atoms with van der Waals surface area (Å²) < 4.78 is 1.62. The summed E-state index contributed by atoms with van der Waals surface area (Å²) in [6.07, 6.45) is 1.76. The topological polar surface area (TPSA) is 67.2 Å². The molecule has 0 aromatic carbocycles. The number of nitrogens with one attached hydrogen (secondary N) is 1. The van der Waals surface area contributed by atoms with Crippen LogP contribution in [0.2, 0.25) is 0 Å². The van der Waals surface area contributed by atoms with Crippen molar-refractivity contribution in [1.82, 2.24) is 15.1 Å². The molecular weight excluding hydrogens is 220 g/mol. The fourth-order valence-corrected chi connectivity index (χ4v) is 2.03. The molecule has 92 valence electrons. The Morgan fingerprint density at radius 3 is 2.71 bits per heavy atom. The number of rotatable bonds is 2. The number of hydrogen-bond acceptors (Lipinski definition) is 3. The van der Waals surface area contributed by atoms with E-state index in [0.29, 0.717) is 5.82 Å². The molecule has 6 nitrogen and oxygen atoms in total. The Morgan fingerprint density at radius 2 is 2.18 bits per heavy atom. The van der Waals surface area contributed by atoms with Gasteiger partial charge in [-0.1, -0.05) is 13.8 Å². The Morgan fingerprint density at radius 1 is 1.47 bits per heavy atom. The van der Waals surface area contributed by atoms with Crippen LogP contribution in [-0.2, 0) is 16.6 Å². The van der Waals surface area contributed by atoms with Gasteiger partial charge < -0.3 is 5.32 Å². The number of carbonyl (C=O) groups excluding carboxylic acids is 2. The van der Waals surface area contributed by atoms with Crippen LogP contribution in [-0.4, -0.2) is 34.2 Å². The second-order valence-electron chi connectivity index (χ2n) is 4.52. The van der Waals surface area contributed by atoms with Gasteiger partial charge in [0, 0.05) is 19.3 Å². The van der Waals surface area contributed by atoms with E-state index in [1.54, 1.807) is 24.0 Å². The van der Waals surface area contributed by atoms with E-state index in [1.807, 2.05) is 13.8 Å². The van der Waals surface area contributed by atoms with E-state index in [2.05, 4.69) is 10.4 Å². The zero-order valence-electron chi connectivity index (χ0n) is 10.2. The van der Waals surface area contributed by atoms with Crippen molar-refractivity contribution < 1.29 is 9.59 Å². The van der Waals surface area contributed by atoms with Crippen molar-refractivity contribution in [2.75, 3.05) is 11.4 Å². The molecule has 1 aromatic rings. The second kappa shape index (κ2) is 4.20. The molecule has 1 fully saturated rings. The fourth-order valence-electron chi connectivity index (χ4n) is 2.03. The van der Waals surface area contributed by atoms with Gasteiger partial charge in [-0.25, -0.2) is 0 Å². The average molecular weight is 236 g/mol. The first-order valence-electron chi connectivity index (χ1n) is 5.60. The van der Waals surface area contributed by atoms with Gasteiger partial charge in [-0.3, -0.25) is 19.2 Å². The molecule has 1 N–H and O–H groups in total. The van der Waals surface area contributed by atoms with Crippen LogP contribution < -0.4 is 10.2 Å². The molecule has 1 atom stereocenters. The zero-order chi connectivity index (χ0) is 12.6. The van der Waals surface area contributed by atoms with Crippen LogP contribution in [0.5, 0.6) is 0 Å². The average Bonchev–Trinajstić information content (AvgIpc) is 2.67. The molecule has 1 saturated heterocycles. The van der Waals surface area contributed by atoms with Crippen LogP contribution in [0.15, 0.2) is 12.3 Å². The lowest BCUT2D eigenvalue weighted by Gasteiger charge is -2.35. The Labute approximate surface area is 99.6 Å². The number of anilines is 1. The summed E-state index contributed by atoms with van der Waals surface area (Å²) in [5.41, 5.74) is 0. The molecule has 0 saturated carbocycles. The zero-order valence-corrected chi connectivity index (χ0v) is 10.2. The standard InChI is InChI=1S/C11H16N4O2/c1-7(2)10-11(17)12-6-9(16)15(10)8-4-5-14(3)13-8/h4-5,7,10H,6H2,1-3H3,(H,12,17). The molecule has 2 rings (SSSR count). The Hall–Kier alpha value is -1.85. The molecule has 0 aliphatic carbocycles. The third-order valence-electron chi connectivity index (χ3n) is 2.81. The minimum atomic E-state index is -0.480. The summed E-state index contributed by atoms with van der Waals surface area (Å²) in [7, 11) is 1.78. The monoisotopic (exact) mass is 236 g/mol. The Bertz CT molecular complexity index is 452. The molecule has 2 amide bonds.